The number of hydrogen-bond donors (Lipinski definition) is 0. The van der Waals surface area contributed by atoms with E-state index in [0.29, 0.717) is 24.4 Å². The summed E-state index contributed by atoms with van der Waals surface area (Å²) in [4.78, 5) is 11.5. The SMILES string of the molecule is C=CC1(C)CC(C(=O)OCC)=C(C)O1. The van der Waals surface area contributed by atoms with Crippen LogP contribution in [0.2, 0.25) is 0 Å². The minimum absolute atomic E-state index is 0.282. The normalized spacial score (nSPS) is 25.9. The standard InChI is InChI=1S/C11H16O3/c1-5-11(4)7-9(8(3)14-11)10(12)13-6-2/h5H,1,6-7H2,2-4H3. The predicted molar refractivity (Wildman–Crippen MR) is 53.6 cm³/mol. The average Bonchev–Trinajstić information content (AvgIpc) is 2.43. The minimum atomic E-state index is -0.452. The summed E-state index contributed by atoms with van der Waals surface area (Å²) in [5.74, 6) is 0.362. The molecule has 1 aliphatic heterocycles. The molecule has 0 fully saturated rings. The Morgan fingerprint density at radius 2 is 2.43 bits per heavy atom. The third kappa shape index (κ3) is 1.97. The fraction of sp³-hybridized carbons (Fsp3) is 0.545. The first-order chi connectivity index (χ1) is 6.52. The van der Waals surface area contributed by atoms with Crippen LogP contribution in [0, 0.1) is 0 Å². The third-order valence-electron chi connectivity index (χ3n) is 2.29. The van der Waals surface area contributed by atoms with E-state index in [1.807, 2.05) is 6.92 Å². The molecule has 0 N–H and O–H groups in total. The van der Waals surface area contributed by atoms with Crippen molar-refractivity contribution in [3.63, 3.8) is 0 Å². The Morgan fingerprint density at radius 3 is 2.86 bits per heavy atom. The lowest BCUT2D eigenvalue weighted by atomic mass is 9.99. The van der Waals surface area contributed by atoms with Gasteiger partial charge in [-0.05, 0) is 26.8 Å². The van der Waals surface area contributed by atoms with Gasteiger partial charge in [-0.3, -0.25) is 0 Å². The van der Waals surface area contributed by atoms with Crippen LogP contribution in [0.1, 0.15) is 27.2 Å². The smallest absolute Gasteiger partial charge is 0.337 e. The number of ether oxygens (including phenoxy) is 2. The first kappa shape index (κ1) is 10.8. The van der Waals surface area contributed by atoms with Crippen LogP contribution >= 0.6 is 0 Å². The molecule has 0 spiro atoms. The van der Waals surface area contributed by atoms with Crippen molar-refractivity contribution in [1.29, 1.82) is 0 Å². The van der Waals surface area contributed by atoms with Crippen molar-refractivity contribution in [2.45, 2.75) is 32.8 Å². The monoisotopic (exact) mass is 196 g/mol. The van der Waals surface area contributed by atoms with E-state index in [2.05, 4.69) is 6.58 Å². The Hall–Kier alpha value is -1.25. The Morgan fingerprint density at radius 1 is 1.79 bits per heavy atom. The molecule has 0 saturated carbocycles. The van der Waals surface area contributed by atoms with E-state index in [0.717, 1.165) is 0 Å². The molecule has 1 heterocycles. The lowest BCUT2D eigenvalue weighted by molar-refractivity contribution is -0.138. The molecule has 1 rings (SSSR count). The van der Waals surface area contributed by atoms with Gasteiger partial charge in [-0.15, -0.1) is 0 Å². The quantitative estimate of drug-likeness (QED) is 0.512. The first-order valence-electron chi connectivity index (χ1n) is 4.72. The van der Waals surface area contributed by atoms with E-state index < -0.39 is 5.60 Å². The van der Waals surface area contributed by atoms with Crippen molar-refractivity contribution in [1.82, 2.24) is 0 Å². The van der Waals surface area contributed by atoms with Gasteiger partial charge in [-0.1, -0.05) is 6.58 Å². The summed E-state index contributed by atoms with van der Waals surface area (Å²) in [5.41, 5.74) is 0.167. The maximum Gasteiger partial charge on any atom is 0.337 e. The fourth-order valence-corrected chi connectivity index (χ4v) is 1.47. The van der Waals surface area contributed by atoms with Gasteiger partial charge in [0, 0.05) is 6.42 Å². The second-order valence-corrected chi connectivity index (χ2v) is 3.55. The van der Waals surface area contributed by atoms with Crippen LogP contribution < -0.4 is 0 Å². The highest BCUT2D eigenvalue weighted by Gasteiger charge is 2.35. The summed E-state index contributed by atoms with van der Waals surface area (Å²) in [7, 11) is 0. The lowest BCUT2D eigenvalue weighted by Gasteiger charge is -2.19. The number of rotatable bonds is 3. The maximum absolute atomic E-state index is 11.5. The van der Waals surface area contributed by atoms with E-state index in [-0.39, 0.29) is 5.97 Å². The van der Waals surface area contributed by atoms with Gasteiger partial charge in [0.1, 0.15) is 11.4 Å². The summed E-state index contributed by atoms with van der Waals surface area (Å²) >= 11 is 0. The summed E-state index contributed by atoms with van der Waals surface area (Å²) in [6, 6.07) is 0. The van der Waals surface area contributed by atoms with Gasteiger partial charge in [-0.2, -0.15) is 0 Å². The lowest BCUT2D eigenvalue weighted by Crippen LogP contribution is -2.20. The van der Waals surface area contributed by atoms with Crippen molar-refractivity contribution in [2.75, 3.05) is 6.61 Å². The largest absolute Gasteiger partial charge is 0.487 e. The maximum atomic E-state index is 11.5. The van der Waals surface area contributed by atoms with Gasteiger partial charge in [-0.25, -0.2) is 4.79 Å². The third-order valence-corrected chi connectivity index (χ3v) is 2.29. The van der Waals surface area contributed by atoms with Gasteiger partial charge in [0.05, 0.1) is 12.2 Å². The van der Waals surface area contributed by atoms with Gasteiger partial charge >= 0.3 is 5.97 Å². The zero-order chi connectivity index (χ0) is 10.8. The van der Waals surface area contributed by atoms with E-state index in [1.54, 1.807) is 19.9 Å². The molecule has 0 radical (unpaired) electrons. The minimum Gasteiger partial charge on any atom is -0.487 e. The topological polar surface area (TPSA) is 35.5 Å². The van der Waals surface area contributed by atoms with Crippen LogP contribution in [-0.4, -0.2) is 18.2 Å². The summed E-state index contributed by atoms with van der Waals surface area (Å²) in [6.07, 6.45) is 2.25. The van der Waals surface area contributed by atoms with Crippen molar-refractivity contribution in [2.24, 2.45) is 0 Å². The Balaban J connectivity index is 2.77. The second kappa shape index (κ2) is 3.86. The molecule has 1 unspecified atom stereocenters. The number of esters is 1. The zero-order valence-corrected chi connectivity index (χ0v) is 8.92. The summed E-state index contributed by atoms with van der Waals surface area (Å²) in [5, 5.41) is 0. The molecular weight excluding hydrogens is 180 g/mol. The zero-order valence-electron chi connectivity index (χ0n) is 8.92. The average molecular weight is 196 g/mol. The molecule has 1 atom stereocenters. The molecule has 3 nitrogen and oxygen atoms in total. The molecule has 0 aromatic carbocycles. The van der Waals surface area contributed by atoms with Gasteiger partial charge in [0.25, 0.3) is 0 Å². The van der Waals surface area contributed by atoms with Crippen molar-refractivity contribution >= 4 is 5.97 Å². The molecule has 0 bridgehead atoms. The van der Waals surface area contributed by atoms with E-state index in [9.17, 15) is 4.79 Å². The van der Waals surface area contributed by atoms with E-state index in [1.165, 1.54) is 0 Å². The number of carbonyl (C=O) groups excluding carboxylic acids is 1. The summed E-state index contributed by atoms with van der Waals surface area (Å²) in [6.45, 7) is 9.54. The molecule has 0 aromatic heterocycles. The predicted octanol–water partition coefficient (Wildman–Crippen LogP) is 2.19. The fourth-order valence-electron chi connectivity index (χ4n) is 1.47. The van der Waals surface area contributed by atoms with Crippen LogP contribution in [0.3, 0.4) is 0 Å². The van der Waals surface area contributed by atoms with Crippen molar-refractivity contribution in [3.8, 4) is 0 Å². The molecule has 78 valence electrons. The Bertz CT molecular complexity index is 291. The first-order valence-corrected chi connectivity index (χ1v) is 4.72. The highest BCUT2D eigenvalue weighted by Crippen LogP contribution is 2.34. The van der Waals surface area contributed by atoms with E-state index in [4.69, 9.17) is 9.47 Å². The number of hydrogen-bond acceptors (Lipinski definition) is 3. The Labute approximate surface area is 84.4 Å². The highest BCUT2D eigenvalue weighted by molar-refractivity contribution is 5.89. The molecule has 0 aromatic rings. The van der Waals surface area contributed by atoms with Crippen LogP contribution in [0.25, 0.3) is 0 Å². The molecule has 0 amide bonds. The molecule has 0 saturated heterocycles. The molecule has 0 aliphatic carbocycles. The number of carbonyl (C=O) groups is 1. The van der Waals surface area contributed by atoms with Crippen molar-refractivity contribution in [3.05, 3.63) is 24.0 Å². The van der Waals surface area contributed by atoms with Gasteiger partial charge in [0.15, 0.2) is 0 Å². The van der Waals surface area contributed by atoms with Crippen LogP contribution in [-0.2, 0) is 14.3 Å². The second-order valence-electron chi connectivity index (χ2n) is 3.55. The van der Waals surface area contributed by atoms with Crippen LogP contribution in [0.15, 0.2) is 24.0 Å². The highest BCUT2D eigenvalue weighted by atomic mass is 16.5. The Kier molecular flexibility index (Phi) is 2.99. The van der Waals surface area contributed by atoms with Gasteiger partial charge < -0.3 is 9.47 Å². The summed E-state index contributed by atoms with van der Waals surface area (Å²) < 4.78 is 10.5. The van der Waals surface area contributed by atoms with Crippen LogP contribution in [0.5, 0.6) is 0 Å². The molecular formula is C11H16O3. The van der Waals surface area contributed by atoms with Gasteiger partial charge in [0.2, 0.25) is 0 Å². The molecule has 3 heteroatoms. The molecule has 14 heavy (non-hydrogen) atoms. The van der Waals surface area contributed by atoms with E-state index >= 15 is 0 Å². The van der Waals surface area contributed by atoms with Crippen LogP contribution in [0.4, 0.5) is 0 Å². The van der Waals surface area contributed by atoms with Crippen molar-refractivity contribution < 1.29 is 14.3 Å². The number of allylic oxidation sites excluding steroid dienone is 1. The molecule has 1 aliphatic rings.